The second-order valence-corrected chi connectivity index (χ2v) is 9.59. The van der Waals surface area contributed by atoms with E-state index in [-0.39, 0.29) is 12.2 Å². The number of nitrogens with one attached hydrogen (secondary N) is 1. The maximum atomic E-state index is 12.6. The van der Waals surface area contributed by atoms with Gasteiger partial charge in [0, 0.05) is 11.5 Å². The number of nitrogens with zero attached hydrogens (tertiary/aromatic N) is 7. The summed E-state index contributed by atoms with van der Waals surface area (Å²) in [6.07, 6.45) is 1.28. The molecule has 1 fully saturated rings. The van der Waals surface area contributed by atoms with Gasteiger partial charge in [0.25, 0.3) is 5.91 Å². The third-order valence-electron chi connectivity index (χ3n) is 4.13. The van der Waals surface area contributed by atoms with Crippen molar-refractivity contribution in [2.75, 3.05) is 11.5 Å². The van der Waals surface area contributed by atoms with E-state index in [2.05, 4.69) is 31.0 Å². The molecule has 0 aromatic carbocycles. The monoisotopic (exact) mass is 453 g/mol. The van der Waals surface area contributed by atoms with Gasteiger partial charge in [0.05, 0.1) is 11.7 Å². The van der Waals surface area contributed by atoms with E-state index in [0.717, 1.165) is 9.35 Å². The number of thioether (sulfide) groups is 2. The van der Waals surface area contributed by atoms with Crippen LogP contribution in [0.2, 0.25) is 0 Å². The number of aromatic nitrogens is 6. The third kappa shape index (κ3) is 3.97. The topological polar surface area (TPSA) is 159 Å². The van der Waals surface area contributed by atoms with E-state index in [1.54, 1.807) is 0 Å². The fraction of sp³-hybridized carbons (Fsp3) is 0.429. The summed E-state index contributed by atoms with van der Waals surface area (Å²) in [7, 11) is 0. The minimum atomic E-state index is -1.41. The normalized spacial score (nSPS) is 21.0. The zero-order valence-electron chi connectivity index (χ0n) is 14.8. The number of fused-ring (bicyclic) bond motifs is 1. The molecule has 2 aromatic heterocycles. The molecule has 0 saturated carbocycles. The van der Waals surface area contributed by atoms with Crippen LogP contribution in [0, 0.1) is 6.92 Å². The van der Waals surface area contributed by atoms with Gasteiger partial charge in [-0.2, -0.15) is 0 Å². The van der Waals surface area contributed by atoms with Crippen molar-refractivity contribution in [3.8, 4) is 0 Å². The highest BCUT2D eigenvalue weighted by Gasteiger charge is 2.52. The zero-order chi connectivity index (χ0) is 20.5. The van der Waals surface area contributed by atoms with Gasteiger partial charge < -0.3 is 15.2 Å². The van der Waals surface area contributed by atoms with Gasteiger partial charge in [-0.05, 0) is 22.9 Å². The quantitative estimate of drug-likeness (QED) is 0.366. The molecule has 1 saturated heterocycles. The second kappa shape index (κ2) is 8.08. The summed E-state index contributed by atoms with van der Waals surface area (Å²) in [5.74, 6) is -1.57. The summed E-state index contributed by atoms with van der Waals surface area (Å²) in [5, 5.41) is 33.1. The summed E-state index contributed by atoms with van der Waals surface area (Å²) in [5.41, 5.74) is 0.453. The van der Waals surface area contributed by atoms with E-state index in [4.69, 9.17) is 0 Å². The van der Waals surface area contributed by atoms with E-state index >= 15 is 0 Å². The molecule has 1 N–H and O–H groups in total. The fourth-order valence-corrected chi connectivity index (χ4v) is 6.19. The van der Waals surface area contributed by atoms with Gasteiger partial charge in [0.2, 0.25) is 5.91 Å². The second-order valence-electron chi connectivity index (χ2n) is 6.08. The standard InChI is InChI=1S/C14H14N8O4S3/c1-6-17-18-14(29-6)28-4-7-3-27-12-9(11(24)22(12)10(7)13(25)26)16-8(23)2-21-5-15-19-20-21/h5,9,12H,2-4H2,1H3,(H,16,23)(H,25,26)/p-1/t9-,12+/m0/s1. The first-order chi connectivity index (χ1) is 13.9. The van der Waals surface area contributed by atoms with E-state index in [0.29, 0.717) is 17.1 Å². The van der Waals surface area contributed by atoms with Gasteiger partial charge in [-0.3, -0.25) is 14.5 Å². The summed E-state index contributed by atoms with van der Waals surface area (Å²) in [6, 6.07) is -0.807. The summed E-state index contributed by atoms with van der Waals surface area (Å²) < 4.78 is 1.95. The Morgan fingerprint density at radius 1 is 1.41 bits per heavy atom. The summed E-state index contributed by atoms with van der Waals surface area (Å²) >= 11 is 4.17. The lowest BCUT2D eigenvalue weighted by Gasteiger charge is -2.50. The van der Waals surface area contributed by atoms with Crippen molar-refractivity contribution >= 4 is 52.6 Å². The number of hydrogen-bond donors (Lipinski definition) is 1. The zero-order valence-corrected chi connectivity index (χ0v) is 17.3. The lowest BCUT2D eigenvalue weighted by molar-refractivity contribution is -0.301. The van der Waals surface area contributed by atoms with Crippen LogP contribution in [0.3, 0.4) is 0 Å². The molecule has 15 heteroatoms. The molecule has 2 amide bonds. The lowest BCUT2D eigenvalue weighted by atomic mass is 10.0. The predicted molar refractivity (Wildman–Crippen MR) is 100 cm³/mol. The molecule has 0 bridgehead atoms. The van der Waals surface area contributed by atoms with Crippen LogP contribution in [0.5, 0.6) is 0 Å². The van der Waals surface area contributed by atoms with Gasteiger partial charge >= 0.3 is 0 Å². The Morgan fingerprint density at radius 2 is 2.24 bits per heavy atom. The molecule has 0 spiro atoms. The molecular weight excluding hydrogens is 440 g/mol. The number of carboxylic acids is 1. The van der Waals surface area contributed by atoms with E-state index in [1.165, 1.54) is 50.8 Å². The Kier molecular flexibility index (Phi) is 5.51. The van der Waals surface area contributed by atoms with Crippen LogP contribution in [0.15, 0.2) is 21.9 Å². The maximum Gasteiger partial charge on any atom is 0.253 e. The minimum absolute atomic E-state index is 0.126. The SMILES string of the molecule is Cc1nnc(SCC2=C(C(=O)[O-])N3C(=O)[C@H](NC(=O)Cn4cnnn4)[C@H]3SC2)s1. The number of aryl methyl sites for hydroxylation is 1. The molecule has 12 nitrogen and oxygen atoms in total. The van der Waals surface area contributed by atoms with Crippen molar-refractivity contribution in [1.82, 2.24) is 40.6 Å². The minimum Gasteiger partial charge on any atom is -0.543 e. The van der Waals surface area contributed by atoms with Crippen LogP contribution >= 0.6 is 34.9 Å². The summed E-state index contributed by atoms with van der Waals surface area (Å²) in [4.78, 5) is 37.6. The van der Waals surface area contributed by atoms with E-state index < -0.39 is 29.2 Å². The molecular formula is C14H13N8O4S3-. The average molecular weight is 454 g/mol. The van der Waals surface area contributed by atoms with Crippen molar-refractivity contribution in [3.05, 3.63) is 22.6 Å². The van der Waals surface area contributed by atoms with Gasteiger partial charge in [-0.1, -0.05) is 23.1 Å². The van der Waals surface area contributed by atoms with Crippen molar-refractivity contribution in [1.29, 1.82) is 0 Å². The van der Waals surface area contributed by atoms with Crippen molar-refractivity contribution in [2.24, 2.45) is 0 Å². The first-order valence-electron chi connectivity index (χ1n) is 8.25. The number of carbonyl (C=O) groups excluding carboxylic acids is 3. The molecule has 4 rings (SSSR count). The number of rotatable bonds is 7. The Labute approximate surface area is 176 Å². The predicted octanol–water partition coefficient (Wildman–Crippen LogP) is -1.97. The molecule has 2 aromatic rings. The number of carboxylic acid groups (broad SMARTS) is 1. The summed E-state index contributed by atoms with van der Waals surface area (Å²) in [6.45, 7) is 1.70. The third-order valence-corrected chi connectivity index (χ3v) is 7.53. The first-order valence-corrected chi connectivity index (χ1v) is 11.1. The van der Waals surface area contributed by atoms with Gasteiger partial charge in [0.15, 0.2) is 4.34 Å². The number of amides is 2. The molecule has 0 unspecified atom stereocenters. The van der Waals surface area contributed by atoms with Crippen molar-refractivity contribution in [3.63, 3.8) is 0 Å². The highest BCUT2D eigenvalue weighted by atomic mass is 32.2. The van der Waals surface area contributed by atoms with Crippen LogP contribution in [0.25, 0.3) is 0 Å². The fourth-order valence-electron chi connectivity index (χ4n) is 2.89. The Balaban J connectivity index is 1.44. The number of β-lactam (4-membered cyclic amide) rings is 1. The molecule has 2 aliphatic heterocycles. The van der Waals surface area contributed by atoms with Crippen molar-refractivity contribution < 1.29 is 19.5 Å². The average Bonchev–Trinajstić information content (AvgIpc) is 3.35. The highest BCUT2D eigenvalue weighted by molar-refractivity contribution is 8.01. The molecule has 0 aliphatic carbocycles. The van der Waals surface area contributed by atoms with Crippen LogP contribution < -0.4 is 10.4 Å². The van der Waals surface area contributed by atoms with Crippen LogP contribution in [-0.4, -0.2) is 76.0 Å². The molecule has 29 heavy (non-hydrogen) atoms. The molecule has 2 aliphatic rings. The molecule has 0 radical (unpaired) electrons. The van der Waals surface area contributed by atoms with E-state index in [1.807, 2.05) is 6.92 Å². The van der Waals surface area contributed by atoms with Crippen molar-refractivity contribution in [2.45, 2.75) is 29.2 Å². The Bertz CT molecular complexity index is 991. The first kappa shape index (κ1) is 19.8. The van der Waals surface area contributed by atoms with Gasteiger partial charge in [-0.15, -0.1) is 27.1 Å². The van der Waals surface area contributed by atoms with Gasteiger partial charge in [-0.25, -0.2) is 4.68 Å². The number of aliphatic carboxylic acids is 1. The van der Waals surface area contributed by atoms with Crippen LogP contribution in [0.4, 0.5) is 0 Å². The number of carbonyl (C=O) groups is 3. The van der Waals surface area contributed by atoms with Crippen LogP contribution in [0.1, 0.15) is 5.01 Å². The Morgan fingerprint density at radius 3 is 2.90 bits per heavy atom. The lowest BCUT2D eigenvalue weighted by Crippen LogP contribution is -2.71. The molecule has 2 atom stereocenters. The smallest absolute Gasteiger partial charge is 0.253 e. The number of hydrogen-bond acceptors (Lipinski definition) is 12. The maximum absolute atomic E-state index is 12.6. The molecule has 4 heterocycles. The van der Waals surface area contributed by atoms with Crippen LogP contribution in [-0.2, 0) is 20.9 Å². The highest BCUT2D eigenvalue weighted by Crippen LogP contribution is 2.41. The van der Waals surface area contributed by atoms with Gasteiger partial charge in [0.1, 0.15) is 29.3 Å². The van der Waals surface area contributed by atoms with E-state index in [9.17, 15) is 19.5 Å². The Hall–Kier alpha value is -2.52. The molecule has 152 valence electrons. The number of tetrazole rings is 1. The largest absolute Gasteiger partial charge is 0.543 e.